The normalized spacial score (nSPS) is 16.5. The number of rotatable bonds is 8. The van der Waals surface area contributed by atoms with Gasteiger partial charge in [-0.3, -0.25) is 19.0 Å². The Hall–Kier alpha value is -4.71. The number of nitrogens with zero attached hydrogens (tertiary/aromatic N) is 3. The number of anilines is 1. The average Bonchev–Trinajstić information content (AvgIpc) is 3.37. The summed E-state index contributed by atoms with van der Waals surface area (Å²) >= 11 is 7.43. The van der Waals surface area contributed by atoms with Crippen LogP contribution in [-0.2, 0) is 14.3 Å². The Morgan fingerprint density at radius 1 is 1.07 bits per heavy atom. The number of hydrogen-bond donors (Lipinski definition) is 1. The molecule has 0 unspecified atom stereocenters. The molecule has 46 heavy (non-hydrogen) atoms. The molecule has 0 radical (unpaired) electrons. The van der Waals surface area contributed by atoms with E-state index in [1.54, 1.807) is 64.9 Å². The van der Waals surface area contributed by atoms with Crippen molar-refractivity contribution in [3.05, 3.63) is 120 Å². The minimum atomic E-state index is -0.728. The highest BCUT2D eigenvalue weighted by Gasteiger charge is 2.32. The number of carbonyl (C=O) groups excluding carboxylic acids is 2. The molecule has 1 atom stereocenters. The van der Waals surface area contributed by atoms with Crippen molar-refractivity contribution in [3.63, 3.8) is 0 Å². The second-order valence-corrected chi connectivity index (χ2v) is 12.1. The maximum atomic E-state index is 14.0. The molecule has 2 amide bonds. The Kier molecular flexibility index (Phi) is 9.34. The summed E-state index contributed by atoms with van der Waals surface area (Å²) in [5.41, 5.74) is 2.62. The molecule has 1 fully saturated rings. The van der Waals surface area contributed by atoms with Crippen LogP contribution in [0.3, 0.4) is 0 Å². The van der Waals surface area contributed by atoms with Crippen molar-refractivity contribution in [2.45, 2.75) is 13.0 Å². The van der Waals surface area contributed by atoms with Gasteiger partial charge in [0.15, 0.2) is 22.9 Å². The number of halogens is 1. The van der Waals surface area contributed by atoms with Crippen LogP contribution in [0.4, 0.5) is 5.69 Å². The van der Waals surface area contributed by atoms with Crippen molar-refractivity contribution in [2.75, 3.05) is 45.3 Å². The van der Waals surface area contributed by atoms with E-state index in [0.29, 0.717) is 74.7 Å². The number of methoxy groups -OCH3 is 1. The van der Waals surface area contributed by atoms with E-state index >= 15 is 0 Å². The third kappa shape index (κ3) is 6.62. The maximum absolute atomic E-state index is 14.0. The summed E-state index contributed by atoms with van der Waals surface area (Å²) in [5.74, 6) is 0.355. The molecule has 1 aromatic heterocycles. The van der Waals surface area contributed by atoms with Gasteiger partial charge < -0.3 is 24.4 Å². The van der Waals surface area contributed by atoms with Gasteiger partial charge in [0.25, 0.3) is 17.4 Å². The number of benzene rings is 3. The van der Waals surface area contributed by atoms with Crippen LogP contribution in [0.2, 0.25) is 5.02 Å². The van der Waals surface area contributed by atoms with Crippen LogP contribution in [-0.4, -0.2) is 61.3 Å². The number of fused-ring (bicyclic) bond motifs is 1. The zero-order valence-corrected chi connectivity index (χ0v) is 26.8. The Morgan fingerprint density at radius 2 is 1.80 bits per heavy atom. The number of morpholine rings is 1. The molecule has 0 bridgehead atoms. The minimum Gasteiger partial charge on any atom is -0.493 e. The van der Waals surface area contributed by atoms with Gasteiger partial charge in [-0.1, -0.05) is 59.3 Å². The second kappa shape index (κ2) is 13.7. The Bertz CT molecular complexity index is 1980. The lowest BCUT2D eigenvalue weighted by molar-refractivity contribution is -0.137. The molecule has 0 saturated carbocycles. The third-order valence-electron chi connectivity index (χ3n) is 7.68. The van der Waals surface area contributed by atoms with Crippen LogP contribution >= 0.6 is 22.9 Å². The molecule has 1 saturated heterocycles. The molecule has 1 N–H and O–H groups in total. The Balaban J connectivity index is 1.33. The van der Waals surface area contributed by atoms with Gasteiger partial charge in [-0.2, -0.15) is 0 Å². The van der Waals surface area contributed by atoms with E-state index < -0.39 is 6.04 Å². The lowest BCUT2D eigenvalue weighted by Gasteiger charge is -2.26. The molecule has 2 aliphatic rings. The largest absolute Gasteiger partial charge is 0.493 e. The number of carbonyl (C=O) groups is 2. The quantitative estimate of drug-likeness (QED) is 0.309. The van der Waals surface area contributed by atoms with Gasteiger partial charge in [-0.25, -0.2) is 4.99 Å². The number of hydrogen-bond acceptors (Lipinski definition) is 8. The van der Waals surface area contributed by atoms with Crippen LogP contribution in [0.1, 0.15) is 24.1 Å². The molecule has 6 rings (SSSR count). The summed E-state index contributed by atoms with van der Waals surface area (Å²) < 4.78 is 18.6. The summed E-state index contributed by atoms with van der Waals surface area (Å²) in [5, 5.41) is 3.49. The minimum absolute atomic E-state index is 0.126. The molecule has 10 nitrogen and oxygen atoms in total. The predicted molar refractivity (Wildman–Crippen MR) is 176 cm³/mol. The average molecular weight is 659 g/mol. The molecule has 3 aromatic carbocycles. The lowest BCUT2D eigenvalue weighted by atomic mass is 9.95. The number of allylic oxidation sites excluding steroid dienone is 1. The van der Waals surface area contributed by atoms with Crippen LogP contribution in [0, 0.1) is 0 Å². The fourth-order valence-corrected chi connectivity index (χ4v) is 6.55. The molecule has 0 spiro atoms. The zero-order valence-electron chi connectivity index (χ0n) is 25.2. The fraction of sp³-hybridized carbons (Fsp3) is 0.235. The molecule has 2 aliphatic heterocycles. The van der Waals surface area contributed by atoms with E-state index in [-0.39, 0.29) is 24.0 Å². The highest BCUT2D eigenvalue weighted by atomic mass is 35.5. The smallest absolute Gasteiger partial charge is 0.271 e. The van der Waals surface area contributed by atoms with Gasteiger partial charge in [-0.15, -0.1) is 0 Å². The first-order valence-electron chi connectivity index (χ1n) is 14.6. The number of thiazole rings is 1. The Morgan fingerprint density at radius 3 is 2.52 bits per heavy atom. The highest BCUT2D eigenvalue weighted by Crippen LogP contribution is 2.32. The molecule has 12 heteroatoms. The van der Waals surface area contributed by atoms with Gasteiger partial charge >= 0.3 is 0 Å². The molecular formula is C34H31ClN4O6S. The summed E-state index contributed by atoms with van der Waals surface area (Å²) in [7, 11) is 1.51. The first kappa shape index (κ1) is 31.3. The predicted octanol–water partition coefficient (Wildman–Crippen LogP) is 3.77. The summed E-state index contributed by atoms with van der Waals surface area (Å²) in [6, 6.07) is 20.7. The van der Waals surface area contributed by atoms with E-state index in [4.69, 9.17) is 30.8 Å². The van der Waals surface area contributed by atoms with Crippen molar-refractivity contribution in [1.82, 2.24) is 9.47 Å². The van der Waals surface area contributed by atoms with Crippen molar-refractivity contribution in [3.8, 4) is 11.5 Å². The summed E-state index contributed by atoms with van der Waals surface area (Å²) in [6.07, 6.45) is 1.75. The number of aromatic nitrogens is 1. The van der Waals surface area contributed by atoms with Gasteiger partial charge in [0, 0.05) is 23.8 Å². The zero-order chi connectivity index (χ0) is 32.2. The van der Waals surface area contributed by atoms with E-state index in [2.05, 4.69) is 5.32 Å². The number of para-hydroxylation sites is 1. The van der Waals surface area contributed by atoms with E-state index in [1.807, 2.05) is 30.3 Å². The number of nitrogens with one attached hydrogen (secondary N) is 1. The van der Waals surface area contributed by atoms with Crippen molar-refractivity contribution in [1.29, 1.82) is 0 Å². The molecular weight excluding hydrogens is 628 g/mol. The van der Waals surface area contributed by atoms with Crippen LogP contribution in [0.25, 0.3) is 6.08 Å². The lowest BCUT2D eigenvalue weighted by Crippen LogP contribution is -2.43. The second-order valence-electron chi connectivity index (χ2n) is 10.6. The van der Waals surface area contributed by atoms with Crippen LogP contribution in [0.5, 0.6) is 11.5 Å². The molecule has 236 valence electrons. The molecule has 0 aliphatic carbocycles. The fourth-order valence-electron chi connectivity index (χ4n) is 5.38. The van der Waals surface area contributed by atoms with Crippen LogP contribution < -0.4 is 29.7 Å². The monoisotopic (exact) mass is 658 g/mol. The van der Waals surface area contributed by atoms with Gasteiger partial charge in [0.05, 0.1) is 42.2 Å². The standard InChI is InChI=1S/C34H31ClN4O6S/c1-21-30(32(41)37-25-6-4-3-5-7-25)31(23-9-11-24(35)12-10-23)39-33(42)28(46-34(39)36-21)19-22-8-13-26(27(18-22)43-2)45-20-29(40)38-14-16-44-17-15-38/h3-13,18-19,31H,14-17,20H2,1-2H3,(H,37,41)/b28-19+/t31-/m0/s1. The summed E-state index contributed by atoms with van der Waals surface area (Å²) in [6.45, 7) is 3.74. The Labute approximate surface area is 273 Å². The SMILES string of the molecule is COc1cc(/C=c2/sc3n(c2=O)[C@@H](c2ccc(Cl)cc2)C(C(=O)Nc2ccccc2)=C(C)N=3)ccc1OCC(=O)N1CCOCC1. The van der Waals surface area contributed by atoms with Gasteiger partial charge in [0.2, 0.25) is 0 Å². The number of ether oxygens (including phenoxy) is 3. The first-order chi connectivity index (χ1) is 22.3. The van der Waals surface area contributed by atoms with E-state index in [1.165, 1.54) is 18.4 Å². The number of amides is 2. The van der Waals surface area contributed by atoms with E-state index in [0.717, 1.165) is 5.56 Å². The van der Waals surface area contributed by atoms with Gasteiger partial charge in [0.1, 0.15) is 0 Å². The summed E-state index contributed by atoms with van der Waals surface area (Å²) in [4.78, 5) is 47.2. The topological polar surface area (TPSA) is 111 Å². The van der Waals surface area contributed by atoms with Crippen molar-refractivity contribution >= 4 is 46.5 Å². The van der Waals surface area contributed by atoms with E-state index in [9.17, 15) is 14.4 Å². The molecule has 3 heterocycles. The maximum Gasteiger partial charge on any atom is 0.271 e. The first-order valence-corrected chi connectivity index (χ1v) is 15.8. The van der Waals surface area contributed by atoms with Crippen molar-refractivity contribution in [2.24, 2.45) is 4.99 Å². The highest BCUT2D eigenvalue weighted by molar-refractivity contribution is 7.07. The third-order valence-corrected chi connectivity index (χ3v) is 8.92. The van der Waals surface area contributed by atoms with Gasteiger partial charge in [-0.05, 0) is 60.5 Å². The van der Waals surface area contributed by atoms with Crippen LogP contribution in [0.15, 0.2) is 93.9 Å². The van der Waals surface area contributed by atoms with Crippen molar-refractivity contribution < 1.29 is 23.8 Å². The molecule has 4 aromatic rings.